The van der Waals surface area contributed by atoms with Gasteiger partial charge >= 0.3 is 0 Å². The Labute approximate surface area is 165 Å². The van der Waals surface area contributed by atoms with Crippen LogP contribution in [0.3, 0.4) is 0 Å². The largest absolute Gasteiger partial charge is 0.337 e. The zero-order valence-electron chi connectivity index (χ0n) is 14.3. The number of nitrogens with zero attached hydrogens (tertiary/aromatic N) is 3. The Morgan fingerprint density at radius 3 is 2.62 bits per heavy atom. The summed E-state index contributed by atoms with van der Waals surface area (Å²) in [5.74, 6) is 0.759. The lowest BCUT2D eigenvalue weighted by atomic mass is 10.1. The third kappa shape index (κ3) is 4.31. The molecule has 0 saturated carbocycles. The molecular weight excluding hydrogens is 418 g/mol. The molecule has 0 N–H and O–H groups in total. The zero-order chi connectivity index (χ0) is 18.7. The van der Waals surface area contributed by atoms with Gasteiger partial charge < -0.3 is 9.42 Å². The summed E-state index contributed by atoms with van der Waals surface area (Å²) >= 11 is 9.30. The molecule has 1 heterocycles. The van der Waals surface area contributed by atoms with Gasteiger partial charge in [0.2, 0.25) is 11.7 Å². The van der Waals surface area contributed by atoms with Crippen molar-refractivity contribution in [2.24, 2.45) is 0 Å². The van der Waals surface area contributed by atoms with Gasteiger partial charge in [-0.05, 0) is 56.3 Å². The Bertz CT molecular complexity index is 909. The van der Waals surface area contributed by atoms with E-state index in [9.17, 15) is 4.79 Å². The molecular formula is C19H17BrClN3O2. The Kier molecular flexibility index (Phi) is 5.74. The second kappa shape index (κ2) is 8.01. The molecule has 0 saturated heterocycles. The van der Waals surface area contributed by atoms with Gasteiger partial charge in [0.15, 0.2) is 0 Å². The van der Waals surface area contributed by atoms with E-state index in [1.54, 1.807) is 29.2 Å². The molecule has 0 atom stereocenters. The van der Waals surface area contributed by atoms with Crippen LogP contribution in [0.2, 0.25) is 5.02 Å². The van der Waals surface area contributed by atoms with Crippen LogP contribution in [0, 0.1) is 0 Å². The summed E-state index contributed by atoms with van der Waals surface area (Å²) < 4.78 is 6.20. The summed E-state index contributed by atoms with van der Waals surface area (Å²) in [5, 5.41) is 4.64. The van der Waals surface area contributed by atoms with E-state index >= 15 is 0 Å². The summed E-state index contributed by atoms with van der Waals surface area (Å²) in [6.07, 6.45) is 0. The van der Waals surface area contributed by atoms with E-state index in [1.807, 2.05) is 38.1 Å². The van der Waals surface area contributed by atoms with Crippen molar-refractivity contribution in [1.29, 1.82) is 0 Å². The van der Waals surface area contributed by atoms with Crippen molar-refractivity contribution in [1.82, 2.24) is 15.0 Å². The Morgan fingerprint density at radius 1 is 1.23 bits per heavy atom. The maximum Gasteiger partial charge on any atom is 0.254 e. The summed E-state index contributed by atoms with van der Waals surface area (Å²) in [5.41, 5.74) is 1.41. The van der Waals surface area contributed by atoms with Crippen molar-refractivity contribution >= 4 is 33.4 Å². The van der Waals surface area contributed by atoms with E-state index in [2.05, 4.69) is 26.1 Å². The van der Waals surface area contributed by atoms with E-state index in [0.29, 0.717) is 22.3 Å². The van der Waals surface area contributed by atoms with Gasteiger partial charge in [0.05, 0.1) is 0 Å². The van der Waals surface area contributed by atoms with Crippen molar-refractivity contribution in [3.8, 4) is 11.4 Å². The molecule has 0 unspecified atom stereocenters. The molecule has 26 heavy (non-hydrogen) atoms. The number of rotatable bonds is 5. The lowest BCUT2D eigenvalue weighted by Gasteiger charge is -2.25. The third-order valence-electron chi connectivity index (χ3n) is 3.83. The fourth-order valence-corrected chi connectivity index (χ4v) is 2.98. The first-order valence-corrected chi connectivity index (χ1v) is 9.26. The SMILES string of the molecule is CC(C)N(Cc1nc(-c2ccc(Cl)cc2)no1)C(=O)c1cccc(Br)c1. The number of carbonyl (C=O) groups is 1. The van der Waals surface area contributed by atoms with Gasteiger partial charge in [-0.3, -0.25) is 4.79 Å². The summed E-state index contributed by atoms with van der Waals surface area (Å²) in [4.78, 5) is 19.0. The fraction of sp³-hybridized carbons (Fsp3) is 0.211. The molecule has 0 radical (unpaired) electrons. The van der Waals surface area contributed by atoms with Crippen LogP contribution in [0.25, 0.3) is 11.4 Å². The maximum absolute atomic E-state index is 12.9. The maximum atomic E-state index is 12.9. The molecule has 0 fully saturated rings. The van der Waals surface area contributed by atoms with Crippen LogP contribution in [-0.4, -0.2) is 27.0 Å². The highest BCUT2D eigenvalue weighted by molar-refractivity contribution is 9.10. The number of carbonyl (C=O) groups excluding carboxylic acids is 1. The number of halogens is 2. The monoisotopic (exact) mass is 433 g/mol. The van der Waals surface area contributed by atoms with E-state index in [4.69, 9.17) is 16.1 Å². The van der Waals surface area contributed by atoms with Crippen molar-refractivity contribution in [3.63, 3.8) is 0 Å². The van der Waals surface area contributed by atoms with Crippen LogP contribution in [0.15, 0.2) is 57.5 Å². The minimum atomic E-state index is -0.0902. The first-order chi connectivity index (χ1) is 12.4. The van der Waals surface area contributed by atoms with Crippen LogP contribution < -0.4 is 0 Å². The summed E-state index contributed by atoms with van der Waals surface area (Å²) in [7, 11) is 0. The summed E-state index contributed by atoms with van der Waals surface area (Å²) in [6.45, 7) is 4.14. The van der Waals surface area contributed by atoms with Crippen molar-refractivity contribution < 1.29 is 9.32 Å². The highest BCUT2D eigenvalue weighted by atomic mass is 79.9. The predicted octanol–water partition coefficient (Wildman–Crippen LogP) is 5.20. The highest BCUT2D eigenvalue weighted by Crippen LogP contribution is 2.20. The third-order valence-corrected chi connectivity index (χ3v) is 4.58. The lowest BCUT2D eigenvalue weighted by molar-refractivity contribution is 0.0667. The van der Waals surface area contributed by atoms with Crippen molar-refractivity contribution in [3.05, 3.63) is 69.5 Å². The van der Waals surface area contributed by atoms with Crippen LogP contribution >= 0.6 is 27.5 Å². The quantitative estimate of drug-likeness (QED) is 0.553. The molecule has 1 aromatic heterocycles. The molecule has 1 amide bonds. The molecule has 0 bridgehead atoms. The Morgan fingerprint density at radius 2 is 1.96 bits per heavy atom. The molecule has 134 valence electrons. The number of amides is 1. The Balaban J connectivity index is 1.80. The topological polar surface area (TPSA) is 59.2 Å². The van der Waals surface area contributed by atoms with Gasteiger partial charge in [0.1, 0.15) is 6.54 Å². The van der Waals surface area contributed by atoms with Crippen molar-refractivity contribution in [2.75, 3.05) is 0 Å². The first kappa shape index (κ1) is 18.6. The number of aromatic nitrogens is 2. The van der Waals surface area contributed by atoms with Crippen LogP contribution in [0.5, 0.6) is 0 Å². The van der Waals surface area contributed by atoms with E-state index in [-0.39, 0.29) is 18.5 Å². The van der Waals surface area contributed by atoms with Gasteiger partial charge in [-0.15, -0.1) is 0 Å². The zero-order valence-corrected chi connectivity index (χ0v) is 16.7. The molecule has 2 aromatic carbocycles. The number of benzene rings is 2. The van der Waals surface area contributed by atoms with Gasteiger partial charge in [-0.1, -0.05) is 38.8 Å². The first-order valence-electron chi connectivity index (χ1n) is 8.09. The van der Waals surface area contributed by atoms with Gasteiger partial charge in [-0.25, -0.2) is 0 Å². The molecule has 5 nitrogen and oxygen atoms in total. The standard InChI is InChI=1S/C19H17BrClN3O2/c1-12(2)24(19(25)14-4-3-5-15(20)10-14)11-17-22-18(23-26-17)13-6-8-16(21)9-7-13/h3-10,12H,11H2,1-2H3. The molecule has 0 aliphatic rings. The van der Waals surface area contributed by atoms with Crippen LogP contribution in [0.4, 0.5) is 0 Å². The van der Waals surface area contributed by atoms with E-state index in [0.717, 1.165) is 10.0 Å². The molecule has 3 aromatic rings. The molecule has 0 spiro atoms. The van der Waals surface area contributed by atoms with Gasteiger partial charge in [0, 0.05) is 26.7 Å². The normalized spacial score (nSPS) is 11.0. The fourth-order valence-electron chi connectivity index (χ4n) is 2.46. The smallest absolute Gasteiger partial charge is 0.254 e. The second-order valence-electron chi connectivity index (χ2n) is 6.06. The second-order valence-corrected chi connectivity index (χ2v) is 7.41. The molecule has 3 rings (SSSR count). The predicted molar refractivity (Wildman–Crippen MR) is 104 cm³/mol. The molecule has 0 aliphatic heterocycles. The van der Waals surface area contributed by atoms with Crippen LogP contribution in [-0.2, 0) is 6.54 Å². The summed E-state index contributed by atoms with van der Waals surface area (Å²) in [6, 6.07) is 14.5. The van der Waals surface area contributed by atoms with Crippen LogP contribution in [0.1, 0.15) is 30.1 Å². The number of hydrogen-bond acceptors (Lipinski definition) is 4. The van der Waals surface area contributed by atoms with E-state index < -0.39 is 0 Å². The minimum absolute atomic E-state index is 0.0210. The van der Waals surface area contributed by atoms with E-state index in [1.165, 1.54) is 0 Å². The molecule has 7 heteroatoms. The number of hydrogen-bond donors (Lipinski definition) is 0. The van der Waals surface area contributed by atoms with Crippen molar-refractivity contribution in [2.45, 2.75) is 26.4 Å². The van der Waals surface area contributed by atoms with Gasteiger partial charge in [-0.2, -0.15) is 4.98 Å². The molecule has 0 aliphatic carbocycles. The Hall–Kier alpha value is -2.18. The lowest BCUT2D eigenvalue weighted by Crippen LogP contribution is -2.36. The average molecular weight is 435 g/mol. The van der Waals surface area contributed by atoms with Gasteiger partial charge in [0.25, 0.3) is 5.91 Å². The average Bonchev–Trinajstić information content (AvgIpc) is 3.08. The minimum Gasteiger partial charge on any atom is -0.337 e. The highest BCUT2D eigenvalue weighted by Gasteiger charge is 2.22.